The van der Waals surface area contributed by atoms with E-state index in [9.17, 15) is 28.9 Å². The van der Waals surface area contributed by atoms with Gasteiger partial charge in [0.2, 0.25) is 5.91 Å². The van der Waals surface area contributed by atoms with Crippen LogP contribution in [0.25, 0.3) is 0 Å². The van der Waals surface area contributed by atoms with Crippen LogP contribution in [0.15, 0.2) is 30.3 Å². The lowest BCUT2D eigenvalue weighted by atomic mass is 10.0. The quantitative estimate of drug-likeness (QED) is 0.312. The molecule has 0 bridgehead atoms. The van der Waals surface area contributed by atoms with Gasteiger partial charge in [0.25, 0.3) is 5.91 Å². The lowest BCUT2D eigenvalue weighted by Gasteiger charge is -2.33. The summed E-state index contributed by atoms with van der Waals surface area (Å²) >= 11 is 0. The van der Waals surface area contributed by atoms with Crippen molar-refractivity contribution in [2.24, 2.45) is 5.92 Å². The van der Waals surface area contributed by atoms with E-state index in [4.69, 9.17) is 0 Å². The molecular weight excluding hydrogens is 422 g/mol. The topological polar surface area (TPSA) is 136 Å². The predicted octanol–water partition coefficient (Wildman–Crippen LogP) is 1.55. The van der Waals surface area contributed by atoms with E-state index >= 15 is 0 Å². The number of aliphatic hydroxyl groups is 1. The van der Waals surface area contributed by atoms with Crippen LogP contribution in [-0.4, -0.2) is 61.4 Å². The maximum Gasteiger partial charge on any atom is 0.349 e. The molecule has 0 heterocycles. The summed E-state index contributed by atoms with van der Waals surface area (Å²) in [5.41, 5.74) is 0.795. The molecule has 0 fully saturated rings. The van der Waals surface area contributed by atoms with E-state index in [1.165, 1.54) is 7.05 Å². The van der Waals surface area contributed by atoms with Gasteiger partial charge < -0.3 is 15.7 Å². The summed E-state index contributed by atoms with van der Waals surface area (Å²) in [5.74, 6) is -1.47. The molecule has 1 aromatic rings. The zero-order chi connectivity index (χ0) is 23.8. The molecule has 0 spiro atoms. The second-order valence-electron chi connectivity index (χ2n) is 8.21. The Hall–Kier alpha value is -2.30. The van der Waals surface area contributed by atoms with Crippen molar-refractivity contribution in [1.29, 1.82) is 0 Å². The number of carbonyl (C=O) groups is 3. The third-order valence-electron chi connectivity index (χ3n) is 4.90. The van der Waals surface area contributed by atoms with Gasteiger partial charge in [-0.05, 0) is 38.2 Å². The van der Waals surface area contributed by atoms with Crippen LogP contribution < -0.4 is 10.6 Å². The Labute approximate surface area is 185 Å². The average Bonchev–Trinajstić information content (AvgIpc) is 2.74. The zero-order valence-electron chi connectivity index (χ0n) is 18.6. The zero-order valence-corrected chi connectivity index (χ0v) is 19.4. The van der Waals surface area contributed by atoms with Crippen LogP contribution >= 0.6 is 0 Å². The van der Waals surface area contributed by atoms with Crippen molar-refractivity contribution < 1.29 is 28.9 Å². The SMILES string of the molecule is CNC(=O)[C@H](NC(=O)N(O)C(=O)[C@@H](O)CCC(C)C)C(C)(C)S(=O)Cc1ccccc1. The number of amides is 4. The van der Waals surface area contributed by atoms with Crippen molar-refractivity contribution in [1.82, 2.24) is 15.7 Å². The van der Waals surface area contributed by atoms with Crippen molar-refractivity contribution in [3.8, 4) is 0 Å². The molecule has 1 aromatic carbocycles. The van der Waals surface area contributed by atoms with E-state index in [0.717, 1.165) is 5.56 Å². The van der Waals surface area contributed by atoms with Gasteiger partial charge in [-0.25, -0.2) is 4.79 Å². The highest BCUT2D eigenvalue weighted by atomic mass is 32.2. The number of imide groups is 1. The molecule has 31 heavy (non-hydrogen) atoms. The first-order chi connectivity index (χ1) is 14.4. The number of rotatable bonds is 10. The van der Waals surface area contributed by atoms with Gasteiger partial charge in [-0.1, -0.05) is 44.2 Å². The van der Waals surface area contributed by atoms with Gasteiger partial charge in [-0.3, -0.25) is 19.0 Å². The standard InChI is InChI=1S/C21H33N3O6S/c1-14(2)11-12-16(25)19(27)24(29)20(28)23-17(18(26)22-5)21(3,4)31(30)13-15-9-7-6-8-10-15/h6-10,14,16-17,25,29H,11-13H2,1-5H3,(H,22,26)(H,23,28)/t16-,17-,31?/m0/s1. The van der Waals surface area contributed by atoms with Gasteiger partial charge in [0.15, 0.2) is 0 Å². The van der Waals surface area contributed by atoms with Crippen molar-refractivity contribution in [2.45, 2.75) is 63.2 Å². The summed E-state index contributed by atoms with van der Waals surface area (Å²) < 4.78 is 11.8. The van der Waals surface area contributed by atoms with Gasteiger partial charge >= 0.3 is 6.03 Å². The van der Waals surface area contributed by atoms with Crippen molar-refractivity contribution >= 4 is 28.6 Å². The first-order valence-corrected chi connectivity index (χ1v) is 11.4. The van der Waals surface area contributed by atoms with Crippen LogP contribution in [0.2, 0.25) is 0 Å². The Morgan fingerprint density at radius 3 is 2.23 bits per heavy atom. The summed E-state index contributed by atoms with van der Waals surface area (Å²) in [7, 11) is -0.245. The number of likely N-dealkylation sites (N-methyl/N-ethyl adjacent to an activating group) is 1. The van der Waals surface area contributed by atoms with Crippen molar-refractivity contribution in [2.75, 3.05) is 7.05 Å². The minimum atomic E-state index is -1.60. The highest BCUT2D eigenvalue weighted by Gasteiger charge is 2.42. The van der Waals surface area contributed by atoms with Crippen LogP contribution in [0.3, 0.4) is 0 Å². The lowest BCUT2D eigenvalue weighted by Crippen LogP contribution is -2.61. The fourth-order valence-electron chi connectivity index (χ4n) is 2.78. The Morgan fingerprint density at radius 2 is 1.71 bits per heavy atom. The fourth-order valence-corrected chi connectivity index (χ4v) is 4.08. The Kier molecular flexibility index (Phi) is 10.3. The minimum Gasteiger partial charge on any atom is -0.383 e. The first-order valence-electron chi connectivity index (χ1n) is 10.1. The molecule has 4 amide bonds. The van der Waals surface area contributed by atoms with Crippen LogP contribution in [0, 0.1) is 5.92 Å². The molecule has 0 aromatic heterocycles. The lowest BCUT2D eigenvalue weighted by molar-refractivity contribution is -0.163. The van der Waals surface area contributed by atoms with Crippen LogP contribution in [0.5, 0.6) is 0 Å². The molecule has 1 rings (SSSR count). The molecule has 0 aliphatic carbocycles. The molecular formula is C21H33N3O6S. The molecule has 9 nitrogen and oxygen atoms in total. The van der Waals surface area contributed by atoms with Crippen molar-refractivity contribution in [3.05, 3.63) is 35.9 Å². The molecule has 1 unspecified atom stereocenters. The number of hydrogen-bond donors (Lipinski definition) is 4. The van der Waals surface area contributed by atoms with E-state index in [1.54, 1.807) is 38.1 Å². The molecule has 0 radical (unpaired) electrons. The minimum absolute atomic E-state index is 0.0757. The third-order valence-corrected chi connectivity index (χ3v) is 6.91. The Balaban J connectivity index is 2.95. The summed E-state index contributed by atoms with van der Waals surface area (Å²) in [6.45, 7) is 6.92. The van der Waals surface area contributed by atoms with E-state index in [1.807, 2.05) is 19.9 Å². The van der Waals surface area contributed by atoms with Gasteiger partial charge in [0, 0.05) is 23.6 Å². The van der Waals surface area contributed by atoms with Crippen LogP contribution in [0.1, 0.15) is 46.1 Å². The number of hydrogen-bond acceptors (Lipinski definition) is 6. The molecule has 0 aliphatic rings. The van der Waals surface area contributed by atoms with E-state index in [0.29, 0.717) is 6.42 Å². The molecule has 0 saturated heterocycles. The number of nitrogens with one attached hydrogen (secondary N) is 2. The maximum atomic E-state index is 13.0. The summed E-state index contributed by atoms with van der Waals surface area (Å²) in [6, 6.07) is 6.43. The van der Waals surface area contributed by atoms with Gasteiger partial charge in [0.05, 0.1) is 4.75 Å². The maximum absolute atomic E-state index is 13.0. The number of urea groups is 1. The average molecular weight is 456 g/mol. The summed E-state index contributed by atoms with van der Waals surface area (Å²) in [4.78, 5) is 37.0. The number of aliphatic hydroxyl groups excluding tert-OH is 1. The number of carbonyl (C=O) groups excluding carboxylic acids is 3. The van der Waals surface area contributed by atoms with Crippen LogP contribution in [-0.2, 0) is 26.1 Å². The number of hydroxylamine groups is 2. The second kappa shape index (κ2) is 11.9. The largest absolute Gasteiger partial charge is 0.383 e. The van der Waals surface area contributed by atoms with Crippen molar-refractivity contribution in [3.63, 3.8) is 0 Å². The van der Waals surface area contributed by atoms with E-state index in [2.05, 4.69) is 10.6 Å². The smallest absolute Gasteiger partial charge is 0.349 e. The molecule has 4 N–H and O–H groups in total. The molecule has 10 heteroatoms. The first kappa shape index (κ1) is 26.7. The third kappa shape index (κ3) is 7.71. The monoisotopic (exact) mass is 455 g/mol. The summed E-state index contributed by atoms with van der Waals surface area (Å²) in [5, 5.41) is 24.3. The number of nitrogens with zero attached hydrogens (tertiary/aromatic N) is 1. The highest BCUT2D eigenvalue weighted by Crippen LogP contribution is 2.22. The van der Waals surface area contributed by atoms with E-state index < -0.39 is 45.5 Å². The van der Waals surface area contributed by atoms with Gasteiger partial charge in [-0.15, -0.1) is 5.06 Å². The Bertz CT molecular complexity index is 785. The van der Waals surface area contributed by atoms with Crippen LogP contribution in [0.4, 0.5) is 4.79 Å². The fraction of sp³-hybridized carbons (Fsp3) is 0.571. The van der Waals surface area contributed by atoms with E-state index in [-0.39, 0.29) is 23.2 Å². The molecule has 0 aliphatic heterocycles. The molecule has 3 atom stereocenters. The number of benzene rings is 1. The Morgan fingerprint density at radius 1 is 1.13 bits per heavy atom. The normalized spacial score (nSPS) is 14.5. The molecule has 0 saturated carbocycles. The summed E-state index contributed by atoms with van der Waals surface area (Å²) in [6.07, 6.45) is -0.960. The second-order valence-corrected chi connectivity index (χ2v) is 10.2. The van der Waals surface area contributed by atoms with Gasteiger partial charge in [-0.2, -0.15) is 0 Å². The molecule has 174 valence electrons. The predicted molar refractivity (Wildman–Crippen MR) is 117 cm³/mol. The highest BCUT2D eigenvalue weighted by molar-refractivity contribution is 7.85. The van der Waals surface area contributed by atoms with Gasteiger partial charge in [0.1, 0.15) is 12.1 Å².